The van der Waals surface area contributed by atoms with E-state index in [1.165, 1.54) is 165 Å². The molecule has 0 atom stereocenters. The fraction of sp³-hybridized carbons (Fsp3) is 0.0103. The minimum Gasteiger partial charge on any atom is -0.355 e. The SMILES string of the molecule is Brc1ccc(-c2ccc(-c3ccccc3)cc2)cc1.C.c1ccc(-c2ccc(-c3ccc(-n4c5ccccc5c5cc(-c6ccc7c(c6)c6ccccc6n7-c6ccccc6)ccc54)cc3)cc2)cc1.c1ccc(-n2c3ccccc3c3cc(-c4ccc5[nH]c6ccccc6c5c4)ccc32)cc1. The Bertz CT molecular complexity index is 6390. The van der Waals surface area contributed by atoms with Crippen LogP contribution in [0.4, 0.5) is 0 Å². The highest BCUT2D eigenvalue weighted by Crippen LogP contribution is 2.41. The highest BCUT2D eigenvalue weighted by molar-refractivity contribution is 9.10. The average molecular weight is 1370 g/mol. The van der Waals surface area contributed by atoms with Crippen molar-refractivity contribution in [2.24, 2.45) is 0 Å². The smallest absolute Gasteiger partial charge is 0.0541 e. The molecule has 0 saturated carbocycles. The molecular formula is C97H69BrN4. The summed E-state index contributed by atoms with van der Waals surface area (Å²) in [6.45, 7) is 0. The predicted molar refractivity (Wildman–Crippen MR) is 439 cm³/mol. The summed E-state index contributed by atoms with van der Waals surface area (Å²) in [5.41, 5.74) is 28.0. The van der Waals surface area contributed by atoms with Crippen molar-refractivity contribution in [3.05, 3.63) is 393 Å². The summed E-state index contributed by atoms with van der Waals surface area (Å²) in [5, 5.41) is 10.1. The average Bonchev–Trinajstić information content (AvgIpc) is 1.59. The zero-order chi connectivity index (χ0) is 67.2. The van der Waals surface area contributed by atoms with Gasteiger partial charge >= 0.3 is 0 Å². The van der Waals surface area contributed by atoms with Gasteiger partial charge in [0.25, 0.3) is 0 Å². The van der Waals surface area contributed by atoms with Crippen molar-refractivity contribution in [3.8, 4) is 83.8 Å². The molecule has 102 heavy (non-hydrogen) atoms. The van der Waals surface area contributed by atoms with Gasteiger partial charge in [-0.25, -0.2) is 0 Å². The van der Waals surface area contributed by atoms with Gasteiger partial charge in [0.1, 0.15) is 0 Å². The third kappa shape index (κ3) is 11.7. The Kier molecular flexibility index (Phi) is 16.7. The topological polar surface area (TPSA) is 30.6 Å². The van der Waals surface area contributed by atoms with Gasteiger partial charge in [0, 0.05) is 75.7 Å². The Morgan fingerprint density at radius 2 is 0.422 bits per heavy atom. The van der Waals surface area contributed by atoms with Crippen molar-refractivity contribution in [1.29, 1.82) is 0 Å². The molecule has 1 N–H and O–H groups in total. The van der Waals surface area contributed by atoms with Gasteiger partial charge in [-0.15, -0.1) is 0 Å². The molecular weight excluding hydrogens is 1300 g/mol. The highest BCUT2D eigenvalue weighted by atomic mass is 79.9. The van der Waals surface area contributed by atoms with Crippen LogP contribution in [0.25, 0.3) is 171 Å². The van der Waals surface area contributed by atoms with Crippen LogP contribution in [0.3, 0.4) is 0 Å². The first-order valence-corrected chi connectivity index (χ1v) is 35.2. The van der Waals surface area contributed by atoms with Crippen molar-refractivity contribution in [2.45, 2.75) is 7.43 Å². The van der Waals surface area contributed by atoms with E-state index in [2.05, 4.69) is 417 Å². The zero-order valence-electron chi connectivity index (χ0n) is 55.2. The Hall–Kier alpha value is -12.8. The zero-order valence-corrected chi connectivity index (χ0v) is 56.8. The third-order valence-electron chi connectivity index (χ3n) is 19.8. The van der Waals surface area contributed by atoms with Crippen molar-refractivity contribution in [1.82, 2.24) is 18.7 Å². The number of aromatic amines is 1. The summed E-state index contributed by atoms with van der Waals surface area (Å²) in [5.74, 6) is 0. The van der Waals surface area contributed by atoms with Crippen LogP contribution in [0.1, 0.15) is 7.43 Å². The number of hydrogen-bond acceptors (Lipinski definition) is 0. The fourth-order valence-corrected chi connectivity index (χ4v) is 15.2. The highest BCUT2D eigenvalue weighted by Gasteiger charge is 2.18. The number of rotatable bonds is 9. The number of hydrogen-bond donors (Lipinski definition) is 1. The minimum atomic E-state index is 0. The summed E-state index contributed by atoms with van der Waals surface area (Å²) in [7, 11) is 0. The molecule has 0 aliphatic rings. The van der Waals surface area contributed by atoms with Gasteiger partial charge in [0.05, 0.1) is 33.1 Å². The summed E-state index contributed by atoms with van der Waals surface area (Å²) >= 11 is 3.46. The van der Waals surface area contributed by atoms with Gasteiger partial charge < -0.3 is 18.7 Å². The molecule has 0 bridgehead atoms. The lowest BCUT2D eigenvalue weighted by Gasteiger charge is -2.11. The van der Waals surface area contributed by atoms with Gasteiger partial charge in [-0.3, -0.25) is 0 Å². The molecule has 4 aromatic heterocycles. The van der Waals surface area contributed by atoms with E-state index in [0.29, 0.717) is 0 Å². The Labute approximate surface area is 601 Å². The van der Waals surface area contributed by atoms with Gasteiger partial charge in [0.15, 0.2) is 0 Å². The third-order valence-corrected chi connectivity index (χ3v) is 20.4. The van der Waals surface area contributed by atoms with Crippen LogP contribution < -0.4 is 0 Å². The van der Waals surface area contributed by atoms with E-state index in [1.54, 1.807) is 0 Å². The van der Waals surface area contributed by atoms with E-state index < -0.39 is 0 Å². The molecule has 0 unspecified atom stereocenters. The first kappa shape index (κ1) is 62.7. The van der Waals surface area contributed by atoms with Crippen molar-refractivity contribution in [3.63, 3.8) is 0 Å². The molecule has 4 nitrogen and oxygen atoms in total. The molecule has 20 rings (SSSR count). The van der Waals surface area contributed by atoms with Crippen molar-refractivity contribution in [2.75, 3.05) is 0 Å². The summed E-state index contributed by atoms with van der Waals surface area (Å²) in [4.78, 5) is 3.53. The van der Waals surface area contributed by atoms with Crippen LogP contribution in [0, 0.1) is 0 Å². The standard InChI is InChI=1S/C48H32N2.C30H20N2.C18H13Br.CH4/c1-3-11-33(12-4-1)34-19-21-35(22-20-34)36-23-27-40(28-24-36)50-46-18-10-8-16-42(46)44-32-38(26-30-48(44)50)37-25-29-47-43(31-37)41-15-7-9-17-45(41)49(47)39-13-5-2-6-14-39;1-2-8-22(9-3-1)32-29-13-7-5-11-24(29)26-19-21(15-17-30(26)32)20-14-16-28-25(18-20)23-10-4-6-12-27(23)31-28;19-18-12-10-17(11-13-18)16-8-6-15(7-9-16)14-4-2-1-3-5-14;/h1-32H;1-19,31H;1-13H;1H4. The Morgan fingerprint density at radius 3 is 0.804 bits per heavy atom. The fourth-order valence-electron chi connectivity index (χ4n) is 14.9. The van der Waals surface area contributed by atoms with Crippen LogP contribution in [-0.2, 0) is 0 Å². The van der Waals surface area contributed by atoms with E-state index in [1.807, 2.05) is 6.07 Å². The molecule has 16 aromatic carbocycles. The lowest BCUT2D eigenvalue weighted by Crippen LogP contribution is -1.94. The first-order valence-electron chi connectivity index (χ1n) is 34.4. The van der Waals surface area contributed by atoms with E-state index in [-0.39, 0.29) is 7.43 Å². The number of benzene rings is 16. The predicted octanol–water partition coefficient (Wildman–Crippen LogP) is 27.4. The molecule has 0 radical (unpaired) electrons. The number of nitrogens with one attached hydrogen (secondary N) is 1. The van der Waals surface area contributed by atoms with Gasteiger partial charge in [-0.1, -0.05) is 290 Å². The lowest BCUT2D eigenvalue weighted by molar-refractivity contribution is 1.18. The number of nitrogens with zero attached hydrogens (tertiary/aromatic N) is 3. The molecule has 484 valence electrons. The van der Waals surface area contributed by atoms with Gasteiger partial charge in [0.2, 0.25) is 0 Å². The van der Waals surface area contributed by atoms with Crippen molar-refractivity contribution >= 4 is 103 Å². The summed E-state index contributed by atoms with van der Waals surface area (Å²) in [6, 6.07) is 139. The largest absolute Gasteiger partial charge is 0.355 e. The second-order valence-electron chi connectivity index (χ2n) is 25.8. The second kappa shape index (κ2) is 27.1. The maximum Gasteiger partial charge on any atom is 0.0541 e. The number of para-hydroxylation sites is 6. The first-order chi connectivity index (χ1) is 50.0. The Morgan fingerprint density at radius 1 is 0.176 bits per heavy atom. The molecule has 0 spiro atoms. The number of fused-ring (bicyclic) bond motifs is 12. The second-order valence-corrected chi connectivity index (χ2v) is 26.7. The quantitative estimate of drug-likeness (QED) is 0.149. The maximum absolute atomic E-state index is 3.53. The van der Waals surface area contributed by atoms with Crippen LogP contribution in [0.2, 0.25) is 0 Å². The molecule has 0 saturated heterocycles. The summed E-state index contributed by atoms with van der Waals surface area (Å²) in [6.07, 6.45) is 0. The molecule has 0 fully saturated rings. The van der Waals surface area contributed by atoms with E-state index in [0.717, 1.165) is 10.2 Å². The maximum atomic E-state index is 3.53. The van der Waals surface area contributed by atoms with E-state index >= 15 is 0 Å². The minimum absolute atomic E-state index is 0. The Balaban J connectivity index is 0.000000127. The number of aromatic nitrogens is 4. The van der Waals surface area contributed by atoms with Gasteiger partial charge in [-0.05, 0) is 188 Å². The lowest BCUT2D eigenvalue weighted by atomic mass is 10.00. The van der Waals surface area contributed by atoms with Crippen LogP contribution in [0.5, 0.6) is 0 Å². The van der Waals surface area contributed by atoms with Crippen LogP contribution in [-0.4, -0.2) is 18.7 Å². The monoisotopic (exact) mass is 1370 g/mol. The van der Waals surface area contributed by atoms with Crippen LogP contribution >= 0.6 is 15.9 Å². The molecule has 4 heterocycles. The molecule has 0 aliphatic carbocycles. The normalized spacial score (nSPS) is 11.3. The molecule has 20 aromatic rings. The molecule has 0 amide bonds. The number of halogens is 1. The number of H-pyrrole nitrogens is 1. The molecule has 0 aliphatic heterocycles. The van der Waals surface area contributed by atoms with Crippen LogP contribution in [0.15, 0.2) is 393 Å². The van der Waals surface area contributed by atoms with E-state index in [4.69, 9.17) is 0 Å². The molecule has 5 heteroatoms. The van der Waals surface area contributed by atoms with Crippen molar-refractivity contribution < 1.29 is 0 Å². The summed E-state index contributed by atoms with van der Waals surface area (Å²) < 4.78 is 8.23. The van der Waals surface area contributed by atoms with E-state index in [9.17, 15) is 0 Å². The van der Waals surface area contributed by atoms with Gasteiger partial charge in [-0.2, -0.15) is 0 Å².